The zero-order valence-electron chi connectivity index (χ0n) is 17.9. The molecule has 0 rings (SSSR count). The molecule has 0 aromatic rings. The van der Waals surface area contributed by atoms with Crippen molar-refractivity contribution >= 4 is 20.2 Å². The number of rotatable bonds is 8. The Kier molecular flexibility index (Phi) is 9.00. The Morgan fingerprint density at radius 3 is 2.08 bits per heavy atom. The van der Waals surface area contributed by atoms with Crippen molar-refractivity contribution in [3.8, 4) is 0 Å². The molecule has 0 saturated heterocycles. The summed E-state index contributed by atoms with van der Waals surface area (Å²) in [5.74, 6) is -0.286. The third-order valence-corrected chi connectivity index (χ3v) is 9.04. The van der Waals surface area contributed by atoms with Gasteiger partial charge in [-0.15, -0.1) is 0 Å². The highest BCUT2D eigenvalue weighted by Gasteiger charge is 2.37. The third-order valence-electron chi connectivity index (χ3n) is 4.54. The van der Waals surface area contributed by atoms with Gasteiger partial charge in [-0.2, -0.15) is 0 Å². The highest BCUT2D eigenvalue weighted by molar-refractivity contribution is 6.74. The molecule has 0 saturated carbocycles. The van der Waals surface area contributed by atoms with Crippen LogP contribution in [0.25, 0.3) is 0 Å². The van der Waals surface area contributed by atoms with Crippen molar-refractivity contribution in [1.29, 1.82) is 0 Å². The van der Waals surface area contributed by atoms with E-state index in [1.807, 2.05) is 6.08 Å². The maximum atomic E-state index is 12.1. The van der Waals surface area contributed by atoms with Gasteiger partial charge in [0.1, 0.15) is 0 Å². The summed E-state index contributed by atoms with van der Waals surface area (Å²) in [5.41, 5.74) is 5.49. The van der Waals surface area contributed by atoms with Crippen LogP contribution in [0.4, 0.5) is 4.79 Å². The molecule has 0 unspecified atom stereocenters. The quantitative estimate of drug-likeness (QED) is 0.369. The number of hydrogen-bond acceptors (Lipinski definition) is 4. The van der Waals surface area contributed by atoms with Gasteiger partial charge in [-0.3, -0.25) is 4.79 Å². The molecule has 26 heavy (non-hydrogen) atoms. The molecule has 0 aliphatic heterocycles. The predicted octanol–water partition coefficient (Wildman–Crippen LogP) is 4.84. The molecule has 0 aromatic heterocycles. The summed E-state index contributed by atoms with van der Waals surface area (Å²) < 4.78 is 10.9. The Balaban J connectivity index is 5.29. The largest absolute Gasteiger partial charge is 0.441 e. The van der Waals surface area contributed by atoms with Crippen LogP contribution in [0.5, 0.6) is 0 Å². The SMILES string of the molecule is CC(=C[C@H](C=CC(C)(C)C)CO[Si](C)(C)C(C)(C)C)C(=O)COC(N)=O. The zero-order valence-corrected chi connectivity index (χ0v) is 18.9. The molecule has 150 valence electrons. The lowest BCUT2D eigenvalue weighted by molar-refractivity contribution is -0.118. The molecule has 0 bridgehead atoms. The van der Waals surface area contributed by atoms with Crippen LogP contribution in [0.3, 0.4) is 0 Å². The summed E-state index contributed by atoms with van der Waals surface area (Å²) in [7, 11) is -1.88. The van der Waals surface area contributed by atoms with E-state index in [0.717, 1.165) is 0 Å². The number of amides is 1. The van der Waals surface area contributed by atoms with E-state index in [4.69, 9.17) is 10.2 Å². The number of carbonyl (C=O) groups is 2. The smallest absolute Gasteiger partial charge is 0.404 e. The van der Waals surface area contributed by atoms with Crippen molar-refractivity contribution in [2.45, 2.75) is 66.6 Å². The van der Waals surface area contributed by atoms with Crippen molar-refractivity contribution in [2.75, 3.05) is 13.2 Å². The van der Waals surface area contributed by atoms with Crippen LogP contribution in [0.2, 0.25) is 18.1 Å². The molecular weight excluding hydrogens is 346 g/mol. The normalized spacial score (nSPS) is 15.2. The summed E-state index contributed by atoms with van der Waals surface area (Å²) in [6.45, 7) is 19.3. The van der Waals surface area contributed by atoms with Crippen molar-refractivity contribution in [2.24, 2.45) is 17.1 Å². The number of hydrogen-bond donors (Lipinski definition) is 1. The molecular formula is C20H37NO4Si. The Morgan fingerprint density at radius 1 is 1.12 bits per heavy atom. The van der Waals surface area contributed by atoms with Crippen LogP contribution < -0.4 is 5.73 Å². The van der Waals surface area contributed by atoms with Gasteiger partial charge >= 0.3 is 6.09 Å². The fourth-order valence-electron chi connectivity index (χ4n) is 1.76. The van der Waals surface area contributed by atoms with Crippen molar-refractivity contribution < 1.29 is 18.8 Å². The molecule has 0 radical (unpaired) electrons. The fraction of sp³-hybridized carbons (Fsp3) is 0.700. The summed E-state index contributed by atoms with van der Waals surface area (Å²) >= 11 is 0. The summed E-state index contributed by atoms with van der Waals surface area (Å²) in [4.78, 5) is 22.8. The standard InChI is InChI=1S/C20H37NO4Si/c1-15(17(22)14-24-18(21)23)12-16(10-11-19(2,3)4)13-25-26(8,9)20(5,6)7/h10-12,16H,13-14H2,1-9H3,(H2,21,23)/t16-/m0/s1. The lowest BCUT2D eigenvalue weighted by Gasteiger charge is -2.37. The average molecular weight is 384 g/mol. The summed E-state index contributed by atoms with van der Waals surface area (Å²) in [6, 6.07) is 0. The minimum absolute atomic E-state index is 0.0270. The van der Waals surface area contributed by atoms with E-state index in [-0.39, 0.29) is 28.8 Å². The maximum Gasteiger partial charge on any atom is 0.404 e. The molecule has 0 aliphatic rings. The molecule has 2 N–H and O–H groups in total. The van der Waals surface area contributed by atoms with E-state index in [0.29, 0.717) is 12.2 Å². The van der Waals surface area contributed by atoms with Crippen LogP contribution in [0.1, 0.15) is 48.5 Å². The van der Waals surface area contributed by atoms with Gasteiger partial charge < -0.3 is 14.9 Å². The van der Waals surface area contributed by atoms with E-state index < -0.39 is 14.4 Å². The Morgan fingerprint density at radius 2 is 1.65 bits per heavy atom. The lowest BCUT2D eigenvalue weighted by atomic mass is 9.93. The Bertz CT molecular complexity index is 551. The molecule has 6 heteroatoms. The van der Waals surface area contributed by atoms with E-state index >= 15 is 0 Å². The molecule has 0 fully saturated rings. The monoisotopic (exact) mass is 383 g/mol. The van der Waals surface area contributed by atoms with E-state index in [9.17, 15) is 9.59 Å². The minimum Gasteiger partial charge on any atom is -0.441 e. The Hall–Kier alpha value is -1.40. The second kappa shape index (κ2) is 9.51. The van der Waals surface area contributed by atoms with Crippen molar-refractivity contribution in [1.82, 2.24) is 0 Å². The van der Waals surface area contributed by atoms with Gasteiger partial charge in [-0.25, -0.2) is 4.79 Å². The van der Waals surface area contributed by atoms with E-state index in [1.165, 1.54) is 0 Å². The first-order chi connectivity index (χ1) is 11.5. The number of primary amides is 1. The first-order valence-corrected chi connectivity index (χ1v) is 11.9. The highest BCUT2D eigenvalue weighted by Crippen LogP contribution is 2.37. The van der Waals surface area contributed by atoms with E-state index in [2.05, 4.69) is 71.5 Å². The van der Waals surface area contributed by atoms with Crippen LogP contribution >= 0.6 is 0 Å². The number of ketones is 1. The van der Waals surface area contributed by atoms with Crippen LogP contribution in [-0.4, -0.2) is 33.4 Å². The first kappa shape index (κ1) is 24.6. The third kappa shape index (κ3) is 9.92. The summed E-state index contributed by atoms with van der Waals surface area (Å²) in [5, 5.41) is 0.120. The van der Waals surface area contributed by atoms with Gasteiger partial charge in [-0.05, 0) is 36.0 Å². The molecule has 1 amide bonds. The number of Topliss-reactive ketones (excluding diaryl/α,β-unsaturated/α-hetero) is 1. The van der Waals surface area contributed by atoms with Gasteiger partial charge in [0.25, 0.3) is 0 Å². The van der Waals surface area contributed by atoms with Crippen molar-refractivity contribution in [3.63, 3.8) is 0 Å². The molecule has 1 atom stereocenters. The van der Waals surface area contributed by atoms with Crippen molar-refractivity contribution in [3.05, 3.63) is 23.8 Å². The molecule has 5 nitrogen and oxygen atoms in total. The number of nitrogens with two attached hydrogens (primary N) is 1. The predicted molar refractivity (Wildman–Crippen MR) is 110 cm³/mol. The van der Waals surface area contributed by atoms with E-state index in [1.54, 1.807) is 6.92 Å². The van der Waals surface area contributed by atoms with Gasteiger partial charge in [0.05, 0.1) is 0 Å². The minimum atomic E-state index is -1.88. The van der Waals surface area contributed by atoms with Crippen LogP contribution in [0, 0.1) is 11.3 Å². The number of carbonyl (C=O) groups excluding carboxylic acids is 2. The molecule has 0 aromatic carbocycles. The van der Waals surface area contributed by atoms with Gasteiger partial charge in [-0.1, -0.05) is 59.8 Å². The topological polar surface area (TPSA) is 78.6 Å². The first-order valence-electron chi connectivity index (χ1n) is 9.02. The second-order valence-corrected chi connectivity index (χ2v) is 14.2. The van der Waals surface area contributed by atoms with Gasteiger partial charge in [0.15, 0.2) is 20.7 Å². The molecule has 0 aliphatic carbocycles. The van der Waals surface area contributed by atoms with Gasteiger partial charge in [0.2, 0.25) is 0 Å². The number of ether oxygens (including phenoxy) is 1. The number of allylic oxidation sites excluding steroid dienone is 1. The van der Waals surface area contributed by atoms with Gasteiger partial charge in [0, 0.05) is 12.5 Å². The van der Waals surface area contributed by atoms with Crippen LogP contribution in [0.15, 0.2) is 23.8 Å². The Labute approximate surface area is 160 Å². The lowest BCUT2D eigenvalue weighted by Crippen LogP contribution is -2.41. The summed E-state index contributed by atoms with van der Waals surface area (Å²) in [6.07, 6.45) is 5.14. The van der Waals surface area contributed by atoms with Crippen LogP contribution in [-0.2, 0) is 14.0 Å². The molecule has 0 spiro atoms. The zero-order chi connectivity index (χ0) is 20.8. The maximum absolute atomic E-state index is 12.1. The fourth-order valence-corrected chi connectivity index (χ4v) is 2.80. The highest BCUT2D eigenvalue weighted by atomic mass is 28.4. The molecule has 0 heterocycles. The average Bonchev–Trinajstić information content (AvgIpc) is 2.45. The second-order valence-electron chi connectivity index (χ2n) is 9.34.